The molecule has 3 nitrogen and oxygen atoms in total. The number of anilines is 6. The molecule has 0 fully saturated rings. The lowest BCUT2D eigenvalue weighted by Crippen LogP contribution is -2.61. The largest absolute Gasteiger partial charge is 0.468 e. The highest BCUT2D eigenvalue weighted by Crippen LogP contribution is 2.54. The zero-order chi connectivity index (χ0) is 50.9. The molecule has 2 aliphatic heterocycles. The van der Waals surface area contributed by atoms with Gasteiger partial charge in [-0.1, -0.05) is 170 Å². The van der Waals surface area contributed by atoms with Gasteiger partial charge in [0.2, 0.25) is 0 Å². The summed E-state index contributed by atoms with van der Waals surface area (Å²) in [6.45, 7) is 43.2. The van der Waals surface area contributed by atoms with Crippen LogP contribution in [0.5, 0.6) is 0 Å². The highest BCUT2D eigenvalue weighted by Gasteiger charge is 2.49. The fourth-order valence-electron chi connectivity index (χ4n) is 13.0. The Morgan fingerprint density at radius 2 is 1.06 bits per heavy atom. The van der Waals surface area contributed by atoms with E-state index in [1.165, 1.54) is 112 Å². The second-order valence-corrected chi connectivity index (χ2v) is 33.2. The predicted molar refractivity (Wildman–Crippen MR) is 311 cm³/mol. The number of nitrogens with zero attached hydrogens (tertiary/aromatic N) is 2. The number of benzene rings is 6. The molecule has 2 aliphatic carbocycles. The maximum Gasteiger partial charge on any atom is 0.297 e. The Balaban J connectivity index is 1.26. The molecular formula is C66H79BN2OSi. The van der Waals surface area contributed by atoms with Gasteiger partial charge in [0.25, 0.3) is 6.71 Å². The lowest BCUT2D eigenvalue weighted by atomic mass is 9.35. The van der Waals surface area contributed by atoms with E-state index in [4.69, 9.17) is 4.42 Å². The minimum atomic E-state index is -1.53. The Hall–Kier alpha value is -5.26. The van der Waals surface area contributed by atoms with Crippen molar-refractivity contribution in [3.8, 4) is 11.1 Å². The van der Waals surface area contributed by atoms with Gasteiger partial charge in [0.15, 0.2) is 0 Å². The van der Waals surface area contributed by atoms with Gasteiger partial charge in [0.05, 0.1) is 25.1 Å². The summed E-state index contributed by atoms with van der Waals surface area (Å²) < 4.78 is 7.66. The molecule has 6 aromatic carbocycles. The molecule has 71 heavy (non-hydrogen) atoms. The van der Waals surface area contributed by atoms with E-state index in [2.05, 4.69) is 236 Å². The zero-order valence-electron chi connectivity index (χ0n) is 46.5. The minimum Gasteiger partial charge on any atom is -0.468 e. The summed E-state index contributed by atoms with van der Waals surface area (Å²) in [5, 5.41) is 2.69. The maximum atomic E-state index is 7.66. The lowest BCUT2D eigenvalue weighted by Gasteiger charge is -2.45. The van der Waals surface area contributed by atoms with Gasteiger partial charge in [0, 0.05) is 33.7 Å². The smallest absolute Gasteiger partial charge is 0.297 e. The van der Waals surface area contributed by atoms with E-state index in [9.17, 15) is 0 Å². The number of aryl methyl sites for hydroxylation is 1. The van der Waals surface area contributed by atoms with Gasteiger partial charge in [0.1, 0.15) is 5.58 Å². The van der Waals surface area contributed by atoms with Gasteiger partial charge < -0.3 is 14.2 Å². The first-order valence-corrected chi connectivity index (χ1v) is 30.4. The van der Waals surface area contributed by atoms with E-state index in [1.54, 1.807) is 0 Å². The van der Waals surface area contributed by atoms with Crippen LogP contribution in [0.15, 0.2) is 108 Å². The Labute approximate surface area is 428 Å². The quantitative estimate of drug-likeness (QED) is 0.164. The molecule has 11 rings (SSSR count). The van der Waals surface area contributed by atoms with Crippen molar-refractivity contribution >= 4 is 81.7 Å². The van der Waals surface area contributed by atoms with E-state index in [1.807, 2.05) is 0 Å². The van der Waals surface area contributed by atoms with Crippen LogP contribution in [-0.2, 0) is 32.5 Å². The minimum absolute atomic E-state index is 0.0289. The molecule has 0 amide bonds. The van der Waals surface area contributed by atoms with Crippen LogP contribution in [0.2, 0.25) is 19.6 Å². The van der Waals surface area contributed by atoms with Gasteiger partial charge in [-0.3, -0.25) is 0 Å². The Bertz CT molecular complexity index is 3340. The number of hydrogen-bond donors (Lipinski definition) is 0. The van der Waals surface area contributed by atoms with Crippen LogP contribution in [-0.4, -0.2) is 14.8 Å². The topological polar surface area (TPSA) is 19.6 Å². The third-order valence-electron chi connectivity index (χ3n) is 17.9. The van der Waals surface area contributed by atoms with E-state index in [0.717, 1.165) is 30.5 Å². The normalized spacial score (nSPS) is 18.4. The standard InChI is InChI=1S/C66H79BN2OSi/c1-40-33-55-58-56(34-40)69(53-28-22-42(61(2,3)4)35-46(53)41-19-24-45(25-20-41)71(16,17)18)54-36-43(62(5,6)7)21-27-52(54)67(58)60-59(47-38-50-51(39-57(47)70-60)66(14,15)32-31-65(50,12)13)68(55)44-23-26-48-49(37-44)64(10,11)30-29-63(48,8)9/h19-28,33-39H,29-32H2,1-18H3. The highest BCUT2D eigenvalue weighted by molar-refractivity contribution is 7.00. The molecular weight excluding hydrogens is 876 g/mol. The number of hydrogen-bond acceptors (Lipinski definition) is 3. The van der Waals surface area contributed by atoms with Crippen molar-refractivity contribution in [2.45, 2.75) is 182 Å². The molecule has 0 saturated carbocycles. The molecule has 3 heterocycles. The summed E-state index contributed by atoms with van der Waals surface area (Å²) in [5.74, 6) is 0. The molecule has 5 heteroatoms. The van der Waals surface area contributed by atoms with Crippen molar-refractivity contribution in [1.82, 2.24) is 0 Å². The Kier molecular flexibility index (Phi) is 10.4. The van der Waals surface area contributed by atoms with Crippen LogP contribution in [0.4, 0.5) is 34.1 Å². The second-order valence-electron chi connectivity index (χ2n) is 28.1. The van der Waals surface area contributed by atoms with Crippen molar-refractivity contribution in [3.63, 3.8) is 0 Å². The van der Waals surface area contributed by atoms with Crippen molar-refractivity contribution in [1.29, 1.82) is 0 Å². The van der Waals surface area contributed by atoms with E-state index < -0.39 is 8.07 Å². The molecule has 0 bridgehead atoms. The van der Waals surface area contributed by atoms with Gasteiger partial charge in [-0.05, 0) is 175 Å². The monoisotopic (exact) mass is 955 g/mol. The number of furan rings is 1. The third kappa shape index (κ3) is 7.55. The lowest BCUT2D eigenvalue weighted by molar-refractivity contribution is 0.332. The van der Waals surface area contributed by atoms with Crippen LogP contribution in [0.1, 0.15) is 162 Å². The Morgan fingerprint density at radius 1 is 0.521 bits per heavy atom. The molecule has 0 N–H and O–H groups in total. The van der Waals surface area contributed by atoms with Crippen LogP contribution >= 0.6 is 0 Å². The average molecular weight is 955 g/mol. The van der Waals surface area contributed by atoms with Crippen molar-refractivity contribution in [2.75, 3.05) is 9.80 Å². The molecule has 0 spiro atoms. The predicted octanol–water partition coefficient (Wildman–Crippen LogP) is 16.3. The second kappa shape index (κ2) is 15.4. The molecule has 366 valence electrons. The van der Waals surface area contributed by atoms with Crippen molar-refractivity contribution in [3.05, 3.63) is 142 Å². The van der Waals surface area contributed by atoms with E-state index in [0.29, 0.717) is 0 Å². The Morgan fingerprint density at radius 3 is 1.65 bits per heavy atom. The van der Waals surface area contributed by atoms with Crippen molar-refractivity contribution < 1.29 is 4.42 Å². The molecule has 0 unspecified atom stereocenters. The number of rotatable bonds is 4. The fraction of sp³-hybridized carbons (Fsp3) is 0.424. The highest BCUT2D eigenvalue weighted by atomic mass is 28.3. The summed E-state index contributed by atoms with van der Waals surface area (Å²) in [5.41, 5.74) is 24.3. The first-order valence-electron chi connectivity index (χ1n) is 26.9. The van der Waals surface area contributed by atoms with Gasteiger partial charge >= 0.3 is 0 Å². The summed E-state index contributed by atoms with van der Waals surface area (Å²) in [7, 11) is -1.53. The SMILES string of the molecule is Cc1cc2c3c(c1)N(c1ccc4c(c1)C(C)(C)CCC4(C)C)c1c(oc4cc5c(cc14)C(C)(C)CCC5(C)C)B3c1ccc(C(C)(C)C)cc1N2c1ccc(C(C)(C)C)cc1-c1ccc([Si](C)(C)C)cc1. The molecule has 0 radical (unpaired) electrons. The maximum absolute atomic E-state index is 7.66. The first-order chi connectivity index (χ1) is 33.0. The van der Waals surface area contributed by atoms with Gasteiger partial charge in [-0.25, -0.2) is 0 Å². The van der Waals surface area contributed by atoms with Crippen molar-refractivity contribution in [2.24, 2.45) is 0 Å². The zero-order valence-corrected chi connectivity index (χ0v) is 47.5. The van der Waals surface area contributed by atoms with Gasteiger partial charge in [-0.2, -0.15) is 0 Å². The van der Waals surface area contributed by atoms with Crippen LogP contribution in [0.25, 0.3) is 22.1 Å². The van der Waals surface area contributed by atoms with E-state index in [-0.39, 0.29) is 39.2 Å². The summed E-state index contributed by atoms with van der Waals surface area (Å²) in [4.78, 5) is 5.29. The first kappa shape index (κ1) is 48.0. The van der Waals surface area contributed by atoms with Gasteiger partial charge in [-0.15, -0.1) is 0 Å². The molecule has 1 aromatic heterocycles. The van der Waals surface area contributed by atoms with E-state index >= 15 is 0 Å². The molecule has 4 aliphatic rings. The van der Waals surface area contributed by atoms with Crippen LogP contribution in [0, 0.1) is 6.92 Å². The number of fused-ring (bicyclic) bond motifs is 8. The molecule has 7 aromatic rings. The average Bonchev–Trinajstić information content (AvgIpc) is 3.66. The molecule has 0 saturated heterocycles. The van der Waals surface area contributed by atoms with Crippen LogP contribution < -0.4 is 31.6 Å². The fourth-order valence-corrected chi connectivity index (χ4v) is 14.1. The summed E-state index contributed by atoms with van der Waals surface area (Å²) in [6, 6.07) is 41.7. The van der Waals surface area contributed by atoms with Crippen LogP contribution in [0.3, 0.4) is 0 Å². The summed E-state index contributed by atoms with van der Waals surface area (Å²) in [6.07, 6.45) is 4.66. The summed E-state index contributed by atoms with van der Waals surface area (Å²) >= 11 is 0. The third-order valence-corrected chi connectivity index (χ3v) is 20.0. The molecule has 0 atom stereocenters.